The normalized spacial score (nSPS) is 13.4. The van der Waals surface area contributed by atoms with E-state index in [1.54, 1.807) is 19.2 Å². The van der Waals surface area contributed by atoms with Gasteiger partial charge in [0.15, 0.2) is 0 Å². The summed E-state index contributed by atoms with van der Waals surface area (Å²) in [6.45, 7) is 2.12. The van der Waals surface area contributed by atoms with E-state index in [4.69, 9.17) is 4.74 Å². The van der Waals surface area contributed by atoms with E-state index in [1.807, 2.05) is 55.5 Å². The number of carbonyl (C=O) groups excluding carboxylic acids is 1. The minimum atomic E-state index is -0.467. The van der Waals surface area contributed by atoms with Gasteiger partial charge in [-0.1, -0.05) is 30.3 Å². The molecule has 8 nitrogen and oxygen atoms in total. The number of non-ortho nitro benzene ring substituents is 1. The molecule has 4 rings (SSSR count). The number of fused-ring (bicyclic) bond motifs is 1. The molecule has 156 valence electrons. The monoisotopic (exact) mass is 416 g/mol. The second-order valence-corrected chi connectivity index (χ2v) is 7.00. The average Bonchev–Trinajstić information content (AvgIpc) is 2.89. The minimum Gasteiger partial charge on any atom is -0.497 e. The number of para-hydroxylation sites is 1. The van der Waals surface area contributed by atoms with Gasteiger partial charge < -0.3 is 4.74 Å². The molecular formula is C23H20N4O4. The van der Waals surface area contributed by atoms with Crippen LogP contribution in [0.1, 0.15) is 18.1 Å². The molecule has 0 saturated carbocycles. The van der Waals surface area contributed by atoms with Gasteiger partial charge in [0, 0.05) is 17.7 Å². The first kappa shape index (κ1) is 20.1. The zero-order valence-electron chi connectivity index (χ0n) is 17.1. The number of nitrogens with zero attached hydrogens (tertiary/aromatic N) is 4. The number of nitro groups is 1. The van der Waals surface area contributed by atoms with Crippen LogP contribution < -0.4 is 9.64 Å². The van der Waals surface area contributed by atoms with Crippen molar-refractivity contribution in [3.8, 4) is 5.75 Å². The molecule has 0 unspecified atom stereocenters. The molecule has 0 fully saturated rings. The number of ether oxygens (including phenoxy) is 1. The molecule has 0 bridgehead atoms. The van der Waals surface area contributed by atoms with Crippen LogP contribution in [0.3, 0.4) is 0 Å². The van der Waals surface area contributed by atoms with Crippen LogP contribution in [0.2, 0.25) is 0 Å². The summed E-state index contributed by atoms with van der Waals surface area (Å²) in [5.74, 6) is 0.727. The van der Waals surface area contributed by atoms with E-state index >= 15 is 0 Å². The molecule has 0 aromatic heterocycles. The Balaban J connectivity index is 1.76. The summed E-state index contributed by atoms with van der Waals surface area (Å²) < 4.78 is 5.20. The van der Waals surface area contributed by atoms with Crippen LogP contribution in [0.15, 0.2) is 77.9 Å². The van der Waals surface area contributed by atoms with E-state index in [9.17, 15) is 14.9 Å². The molecule has 0 spiro atoms. The number of amides is 2. The molecule has 0 radical (unpaired) electrons. The molecule has 0 N–H and O–H groups in total. The third-order valence-corrected chi connectivity index (χ3v) is 5.03. The van der Waals surface area contributed by atoms with Gasteiger partial charge in [-0.2, -0.15) is 5.10 Å². The predicted molar refractivity (Wildman–Crippen MR) is 118 cm³/mol. The van der Waals surface area contributed by atoms with Crippen molar-refractivity contribution in [2.75, 3.05) is 12.0 Å². The molecule has 1 aliphatic rings. The number of methoxy groups -OCH3 is 1. The van der Waals surface area contributed by atoms with Crippen LogP contribution in [0.5, 0.6) is 5.75 Å². The molecule has 3 aromatic carbocycles. The van der Waals surface area contributed by atoms with Crippen LogP contribution in [0, 0.1) is 10.1 Å². The van der Waals surface area contributed by atoms with E-state index in [0.29, 0.717) is 17.1 Å². The van der Waals surface area contributed by atoms with Crippen molar-refractivity contribution in [2.45, 2.75) is 13.5 Å². The largest absolute Gasteiger partial charge is 0.497 e. The lowest BCUT2D eigenvalue weighted by molar-refractivity contribution is -0.384. The minimum absolute atomic E-state index is 0.0400. The Morgan fingerprint density at radius 2 is 1.68 bits per heavy atom. The molecule has 0 aliphatic carbocycles. The van der Waals surface area contributed by atoms with Gasteiger partial charge in [-0.15, -0.1) is 0 Å². The highest BCUT2D eigenvalue weighted by Gasteiger charge is 2.30. The van der Waals surface area contributed by atoms with E-state index in [1.165, 1.54) is 22.0 Å². The second kappa shape index (κ2) is 8.27. The Bertz CT molecular complexity index is 1160. The van der Waals surface area contributed by atoms with Gasteiger partial charge in [0.2, 0.25) is 0 Å². The third kappa shape index (κ3) is 3.95. The fourth-order valence-corrected chi connectivity index (χ4v) is 3.45. The van der Waals surface area contributed by atoms with Gasteiger partial charge in [-0.3, -0.25) is 15.0 Å². The van der Waals surface area contributed by atoms with E-state index in [2.05, 4.69) is 5.10 Å². The summed E-state index contributed by atoms with van der Waals surface area (Å²) in [7, 11) is 1.60. The Kier molecular flexibility index (Phi) is 5.36. The maximum Gasteiger partial charge on any atom is 0.349 e. The van der Waals surface area contributed by atoms with E-state index in [-0.39, 0.29) is 18.3 Å². The molecule has 1 aliphatic heterocycles. The van der Waals surface area contributed by atoms with Gasteiger partial charge in [-0.25, -0.2) is 9.80 Å². The Hall–Kier alpha value is -4.20. The van der Waals surface area contributed by atoms with Crippen LogP contribution in [0.25, 0.3) is 0 Å². The van der Waals surface area contributed by atoms with E-state index < -0.39 is 4.92 Å². The zero-order valence-corrected chi connectivity index (χ0v) is 17.1. The van der Waals surface area contributed by atoms with Crippen molar-refractivity contribution in [1.82, 2.24) is 5.01 Å². The summed E-state index contributed by atoms with van der Waals surface area (Å²) in [5.41, 5.74) is 3.54. The Labute approximate surface area is 179 Å². The van der Waals surface area contributed by atoms with Crippen LogP contribution >= 0.6 is 0 Å². The van der Waals surface area contributed by atoms with Gasteiger partial charge in [0.1, 0.15) is 5.75 Å². The molecule has 0 atom stereocenters. The fraction of sp³-hybridized carbons (Fsp3) is 0.130. The summed E-state index contributed by atoms with van der Waals surface area (Å²) in [6.07, 6.45) is 0. The number of hydrogen-bond acceptors (Lipinski definition) is 5. The van der Waals surface area contributed by atoms with Crippen molar-refractivity contribution >= 4 is 28.8 Å². The van der Waals surface area contributed by atoms with Crippen molar-refractivity contribution in [3.05, 3.63) is 94.0 Å². The van der Waals surface area contributed by atoms with Crippen molar-refractivity contribution in [2.24, 2.45) is 5.10 Å². The zero-order chi connectivity index (χ0) is 22.0. The van der Waals surface area contributed by atoms with Gasteiger partial charge in [-0.05, 0) is 42.8 Å². The van der Waals surface area contributed by atoms with Crippen molar-refractivity contribution < 1.29 is 14.5 Å². The SMILES string of the molecule is COc1ccc(CN2N=C(C)c3ccccc3N(c3ccc([N+](=O)[O-])cc3)C2=O)cc1. The Morgan fingerprint density at radius 3 is 2.32 bits per heavy atom. The first-order valence-electron chi connectivity index (χ1n) is 9.61. The number of hydrazone groups is 1. The molecule has 31 heavy (non-hydrogen) atoms. The molecule has 8 heteroatoms. The third-order valence-electron chi connectivity index (χ3n) is 5.03. The fourth-order valence-electron chi connectivity index (χ4n) is 3.45. The first-order chi connectivity index (χ1) is 15.0. The summed E-state index contributed by atoms with van der Waals surface area (Å²) >= 11 is 0. The highest BCUT2D eigenvalue weighted by atomic mass is 16.6. The first-order valence-corrected chi connectivity index (χ1v) is 9.61. The predicted octanol–water partition coefficient (Wildman–Crippen LogP) is 5.10. The standard InChI is InChI=1S/C23H20N4O4/c1-16-21-5-3-4-6-22(21)26(18-9-11-19(12-10-18)27(29)30)23(28)25(24-16)15-17-7-13-20(31-2)14-8-17/h3-14H,15H2,1-2H3. The van der Waals surface area contributed by atoms with Gasteiger partial charge in [0.05, 0.1) is 35.7 Å². The Morgan fingerprint density at radius 1 is 1.00 bits per heavy atom. The lowest BCUT2D eigenvalue weighted by Gasteiger charge is -2.26. The summed E-state index contributed by atoms with van der Waals surface area (Å²) in [4.78, 5) is 25.7. The lowest BCUT2D eigenvalue weighted by atomic mass is 10.1. The highest BCUT2D eigenvalue weighted by molar-refractivity contribution is 6.12. The van der Waals surface area contributed by atoms with Gasteiger partial charge in [0.25, 0.3) is 5.69 Å². The topological polar surface area (TPSA) is 88.3 Å². The molecule has 1 heterocycles. The van der Waals surface area contributed by atoms with Crippen molar-refractivity contribution in [3.63, 3.8) is 0 Å². The maximum atomic E-state index is 13.6. The molecule has 0 saturated heterocycles. The van der Waals surface area contributed by atoms with Crippen LogP contribution in [-0.4, -0.2) is 28.8 Å². The van der Waals surface area contributed by atoms with E-state index in [0.717, 1.165) is 16.9 Å². The number of anilines is 2. The number of hydrogen-bond donors (Lipinski definition) is 0. The second-order valence-electron chi connectivity index (χ2n) is 7.00. The lowest BCUT2D eigenvalue weighted by Crippen LogP contribution is -2.36. The summed E-state index contributed by atoms with van der Waals surface area (Å²) in [5, 5.41) is 17.0. The highest BCUT2D eigenvalue weighted by Crippen LogP contribution is 2.34. The maximum absolute atomic E-state index is 13.6. The van der Waals surface area contributed by atoms with Crippen LogP contribution in [0.4, 0.5) is 21.9 Å². The number of carbonyl (C=O) groups is 1. The van der Waals surface area contributed by atoms with Gasteiger partial charge >= 0.3 is 6.03 Å². The number of rotatable bonds is 5. The molecule has 2 amide bonds. The van der Waals surface area contributed by atoms with Crippen LogP contribution in [-0.2, 0) is 6.54 Å². The number of nitro benzene ring substituents is 1. The average molecular weight is 416 g/mol. The quantitative estimate of drug-likeness (QED) is 0.427. The summed E-state index contributed by atoms with van der Waals surface area (Å²) in [6, 6.07) is 20.4. The number of urea groups is 1. The smallest absolute Gasteiger partial charge is 0.349 e. The molecular weight excluding hydrogens is 396 g/mol. The number of benzene rings is 3. The van der Waals surface area contributed by atoms with Crippen molar-refractivity contribution in [1.29, 1.82) is 0 Å². The molecule has 3 aromatic rings.